The number of carbonyl (C=O) groups is 1. The molecule has 16 heavy (non-hydrogen) atoms. The minimum atomic E-state index is -0.327. The lowest BCUT2D eigenvalue weighted by atomic mass is 10.2. The Hall–Kier alpha value is -1.69. The van der Waals surface area contributed by atoms with Crippen molar-refractivity contribution in [2.75, 3.05) is 12.4 Å². The van der Waals surface area contributed by atoms with Crippen LogP contribution in [0.15, 0.2) is 18.3 Å². The predicted octanol–water partition coefficient (Wildman–Crippen LogP) is 0.262. The van der Waals surface area contributed by atoms with Gasteiger partial charge in [-0.05, 0) is 19.1 Å². The summed E-state index contributed by atoms with van der Waals surface area (Å²) in [5.74, 6) is -0.0892. The number of thiocarbonyl (C=S) groups is 1. The first-order chi connectivity index (χ1) is 7.54. The number of nitrogens with one attached hydrogen (secondary N) is 2. The molecule has 1 unspecified atom stereocenters. The Morgan fingerprint density at radius 3 is 2.88 bits per heavy atom. The van der Waals surface area contributed by atoms with Crippen molar-refractivity contribution in [3.63, 3.8) is 0 Å². The van der Waals surface area contributed by atoms with Gasteiger partial charge in [0.2, 0.25) is 5.91 Å². The Balaban J connectivity index is 2.78. The molecule has 5 nitrogen and oxygen atoms in total. The van der Waals surface area contributed by atoms with Crippen LogP contribution >= 0.6 is 12.2 Å². The summed E-state index contributed by atoms with van der Waals surface area (Å²) >= 11 is 4.82. The highest BCUT2D eigenvalue weighted by atomic mass is 32.1. The third-order valence-electron chi connectivity index (χ3n) is 2.04. The molecule has 0 saturated heterocycles. The van der Waals surface area contributed by atoms with Gasteiger partial charge in [-0.1, -0.05) is 12.2 Å². The number of likely N-dealkylation sites (N-methyl/N-ethyl adjacent to an activating group) is 1. The number of carbonyl (C=O) groups excluding carboxylic acids is 1. The van der Waals surface area contributed by atoms with E-state index >= 15 is 0 Å². The van der Waals surface area contributed by atoms with E-state index in [0.717, 1.165) is 5.69 Å². The topological polar surface area (TPSA) is 80.0 Å². The standard InChI is InChI=1S/C10H14N4OS/c1-6(10(15)12-2)14-7-3-4-13-8(5-7)9(11)16/h3-6H,1-2H3,(H2,11,16)(H,12,15)(H,13,14). The fourth-order valence-electron chi connectivity index (χ4n) is 1.19. The molecule has 0 radical (unpaired) electrons. The maximum atomic E-state index is 11.3. The first-order valence-corrected chi connectivity index (χ1v) is 5.19. The molecule has 0 bridgehead atoms. The average molecular weight is 238 g/mol. The van der Waals surface area contributed by atoms with Crippen LogP contribution in [0.3, 0.4) is 0 Å². The van der Waals surface area contributed by atoms with Gasteiger partial charge in [-0.25, -0.2) is 0 Å². The second-order valence-electron chi connectivity index (χ2n) is 3.27. The largest absolute Gasteiger partial charge is 0.388 e. The van der Waals surface area contributed by atoms with Crippen molar-refractivity contribution in [3.8, 4) is 0 Å². The molecule has 0 spiro atoms. The Morgan fingerprint density at radius 2 is 2.31 bits per heavy atom. The summed E-state index contributed by atoms with van der Waals surface area (Å²) in [4.78, 5) is 15.5. The molecule has 0 aliphatic carbocycles. The molecule has 1 amide bonds. The highest BCUT2D eigenvalue weighted by Crippen LogP contribution is 2.09. The molecule has 6 heteroatoms. The predicted molar refractivity (Wildman–Crippen MR) is 67.3 cm³/mol. The van der Waals surface area contributed by atoms with Crippen molar-refractivity contribution < 1.29 is 4.79 Å². The smallest absolute Gasteiger partial charge is 0.241 e. The summed E-state index contributed by atoms with van der Waals surface area (Å²) in [5, 5.41) is 5.58. The maximum absolute atomic E-state index is 11.3. The maximum Gasteiger partial charge on any atom is 0.241 e. The SMILES string of the molecule is CNC(=O)C(C)Nc1ccnc(C(N)=S)c1. The molecular formula is C10H14N4OS. The summed E-state index contributed by atoms with van der Waals surface area (Å²) in [6, 6.07) is 3.13. The highest BCUT2D eigenvalue weighted by molar-refractivity contribution is 7.80. The van der Waals surface area contributed by atoms with E-state index < -0.39 is 0 Å². The highest BCUT2D eigenvalue weighted by Gasteiger charge is 2.10. The van der Waals surface area contributed by atoms with E-state index in [-0.39, 0.29) is 16.9 Å². The molecular weight excluding hydrogens is 224 g/mol. The van der Waals surface area contributed by atoms with Crippen LogP contribution in [0.4, 0.5) is 5.69 Å². The van der Waals surface area contributed by atoms with Crippen molar-refractivity contribution >= 4 is 28.8 Å². The molecule has 0 saturated carbocycles. The number of anilines is 1. The zero-order valence-corrected chi connectivity index (χ0v) is 9.97. The number of nitrogens with two attached hydrogens (primary N) is 1. The van der Waals surface area contributed by atoms with Crippen LogP contribution in [0.5, 0.6) is 0 Å². The van der Waals surface area contributed by atoms with Crippen LogP contribution in [-0.4, -0.2) is 29.0 Å². The molecule has 0 aliphatic heterocycles. The van der Waals surface area contributed by atoms with Gasteiger partial charge in [0.25, 0.3) is 0 Å². The van der Waals surface area contributed by atoms with Crippen LogP contribution in [0.25, 0.3) is 0 Å². The molecule has 0 aromatic carbocycles. The van der Waals surface area contributed by atoms with Gasteiger partial charge in [-0.2, -0.15) is 0 Å². The summed E-state index contributed by atoms with van der Waals surface area (Å²) in [6.45, 7) is 1.76. The molecule has 1 heterocycles. The number of aromatic nitrogens is 1. The van der Waals surface area contributed by atoms with Gasteiger partial charge in [0, 0.05) is 18.9 Å². The quantitative estimate of drug-likeness (QED) is 0.656. The molecule has 86 valence electrons. The van der Waals surface area contributed by atoms with E-state index in [4.69, 9.17) is 18.0 Å². The number of hydrogen-bond donors (Lipinski definition) is 3. The van der Waals surface area contributed by atoms with Gasteiger partial charge < -0.3 is 16.4 Å². The molecule has 1 aromatic heterocycles. The Morgan fingerprint density at radius 1 is 1.62 bits per heavy atom. The Labute approximate surface area is 99.4 Å². The van der Waals surface area contributed by atoms with Crippen LogP contribution in [0, 0.1) is 0 Å². The van der Waals surface area contributed by atoms with E-state index in [2.05, 4.69) is 15.6 Å². The Kier molecular flexibility index (Phi) is 4.19. The lowest BCUT2D eigenvalue weighted by Crippen LogP contribution is -2.35. The van der Waals surface area contributed by atoms with Gasteiger partial charge in [0.1, 0.15) is 11.0 Å². The minimum absolute atomic E-state index is 0.0892. The third-order valence-corrected chi connectivity index (χ3v) is 2.24. The number of rotatable bonds is 4. The van der Waals surface area contributed by atoms with Crippen LogP contribution < -0.4 is 16.4 Å². The summed E-state index contributed by atoms with van der Waals surface area (Å²) in [7, 11) is 1.59. The van der Waals surface area contributed by atoms with Gasteiger partial charge in [0.15, 0.2) is 0 Å². The van der Waals surface area contributed by atoms with Gasteiger partial charge in [0.05, 0.1) is 5.69 Å². The molecule has 0 fully saturated rings. The number of nitrogens with zero attached hydrogens (tertiary/aromatic N) is 1. The van der Waals surface area contributed by atoms with Gasteiger partial charge >= 0.3 is 0 Å². The average Bonchev–Trinajstić information content (AvgIpc) is 2.28. The monoisotopic (exact) mass is 238 g/mol. The Bertz CT molecular complexity index is 408. The zero-order valence-electron chi connectivity index (χ0n) is 9.15. The van der Waals surface area contributed by atoms with E-state index in [1.165, 1.54) is 0 Å². The molecule has 1 atom stereocenters. The number of pyridine rings is 1. The molecule has 4 N–H and O–H groups in total. The first kappa shape index (κ1) is 12.4. The summed E-state index contributed by atoms with van der Waals surface area (Å²) < 4.78 is 0. The van der Waals surface area contributed by atoms with Crippen molar-refractivity contribution in [3.05, 3.63) is 24.0 Å². The summed E-state index contributed by atoms with van der Waals surface area (Å²) in [5.41, 5.74) is 6.75. The molecule has 1 rings (SSSR count). The van der Waals surface area contributed by atoms with Crippen LogP contribution in [-0.2, 0) is 4.79 Å². The van der Waals surface area contributed by atoms with Gasteiger partial charge in [-0.3, -0.25) is 9.78 Å². The fraction of sp³-hybridized carbons (Fsp3) is 0.300. The van der Waals surface area contributed by atoms with E-state index in [1.54, 1.807) is 32.3 Å². The number of hydrogen-bond acceptors (Lipinski definition) is 4. The second kappa shape index (κ2) is 5.41. The van der Waals surface area contributed by atoms with Gasteiger partial charge in [-0.15, -0.1) is 0 Å². The normalized spacial score (nSPS) is 11.6. The molecule has 0 aliphatic rings. The minimum Gasteiger partial charge on any atom is -0.388 e. The third kappa shape index (κ3) is 3.16. The summed E-state index contributed by atoms with van der Waals surface area (Å²) in [6.07, 6.45) is 1.59. The molecule has 1 aromatic rings. The second-order valence-corrected chi connectivity index (χ2v) is 3.71. The van der Waals surface area contributed by atoms with E-state index in [9.17, 15) is 4.79 Å². The first-order valence-electron chi connectivity index (χ1n) is 4.78. The van der Waals surface area contributed by atoms with E-state index in [1.807, 2.05) is 0 Å². The zero-order chi connectivity index (χ0) is 12.1. The van der Waals surface area contributed by atoms with Crippen LogP contribution in [0.1, 0.15) is 12.6 Å². The fourth-order valence-corrected chi connectivity index (χ4v) is 1.30. The van der Waals surface area contributed by atoms with Crippen molar-refractivity contribution in [2.45, 2.75) is 13.0 Å². The van der Waals surface area contributed by atoms with Crippen molar-refractivity contribution in [1.82, 2.24) is 10.3 Å². The lowest BCUT2D eigenvalue weighted by molar-refractivity contribution is -0.121. The lowest BCUT2D eigenvalue weighted by Gasteiger charge is -2.13. The van der Waals surface area contributed by atoms with Crippen molar-refractivity contribution in [2.24, 2.45) is 5.73 Å². The van der Waals surface area contributed by atoms with E-state index in [0.29, 0.717) is 5.69 Å². The number of amides is 1. The van der Waals surface area contributed by atoms with Crippen molar-refractivity contribution in [1.29, 1.82) is 0 Å². The van der Waals surface area contributed by atoms with Crippen LogP contribution in [0.2, 0.25) is 0 Å².